The van der Waals surface area contributed by atoms with E-state index in [9.17, 15) is 4.79 Å². The van der Waals surface area contributed by atoms with E-state index in [0.717, 1.165) is 32.2 Å². The van der Waals surface area contributed by atoms with E-state index in [1.165, 1.54) is 186 Å². The van der Waals surface area contributed by atoms with Crippen molar-refractivity contribution in [1.82, 2.24) is 4.90 Å². The SMILES string of the molecule is CCCCC/C=C\C/C=C\CCCCCCCCC(CCCCCCCC/C=C\C/C=C\CCCCC)N(CC)C(=O)CCCCCCCC. The Morgan fingerprint density at radius 1 is 0.400 bits per heavy atom. The molecule has 0 spiro atoms. The summed E-state index contributed by atoms with van der Waals surface area (Å²) in [5.41, 5.74) is 0. The fourth-order valence-electron chi connectivity index (χ4n) is 7.03. The minimum absolute atomic E-state index is 0.424. The first kappa shape index (κ1) is 48.4. The molecule has 0 N–H and O–H groups in total. The van der Waals surface area contributed by atoms with E-state index in [2.05, 4.69) is 81.2 Å². The molecule has 0 aliphatic heterocycles. The van der Waals surface area contributed by atoms with Crippen LogP contribution in [0.1, 0.15) is 240 Å². The summed E-state index contributed by atoms with van der Waals surface area (Å²) in [6, 6.07) is 0.448. The van der Waals surface area contributed by atoms with Gasteiger partial charge in [0.1, 0.15) is 0 Å². The van der Waals surface area contributed by atoms with Crippen LogP contribution in [0, 0.1) is 0 Å². The molecule has 0 aliphatic rings. The third kappa shape index (κ3) is 34.9. The van der Waals surface area contributed by atoms with Gasteiger partial charge in [0.05, 0.1) is 0 Å². The number of hydrogen-bond donors (Lipinski definition) is 0. The molecule has 0 unspecified atom stereocenters. The quantitative estimate of drug-likeness (QED) is 0.0463. The lowest BCUT2D eigenvalue weighted by Gasteiger charge is -2.31. The van der Waals surface area contributed by atoms with Crippen LogP contribution in [0.3, 0.4) is 0 Å². The van der Waals surface area contributed by atoms with Crippen molar-refractivity contribution in [2.75, 3.05) is 6.54 Å². The second-order valence-corrected chi connectivity index (χ2v) is 15.1. The van der Waals surface area contributed by atoms with Gasteiger partial charge in [-0.3, -0.25) is 4.79 Å². The van der Waals surface area contributed by atoms with Gasteiger partial charge in [-0.25, -0.2) is 0 Å². The number of allylic oxidation sites excluding steroid dienone is 8. The highest BCUT2D eigenvalue weighted by Gasteiger charge is 2.21. The first-order valence-corrected chi connectivity index (χ1v) is 22.6. The minimum Gasteiger partial charge on any atom is -0.340 e. The summed E-state index contributed by atoms with van der Waals surface area (Å²) in [7, 11) is 0. The summed E-state index contributed by atoms with van der Waals surface area (Å²) in [6.07, 6.45) is 60.6. The minimum atomic E-state index is 0.424. The molecule has 0 aliphatic carbocycles. The zero-order valence-electron chi connectivity index (χ0n) is 34.6. The summed E-state index contributed by atoms with van der Waals surface area (Å²) >= 11 is 0. The smallest absolute Gasteiger partial charge is 0.222 e. The van der Waals surface area contributed by atoms with Crippen molar-refractivity contribution in [3.05, 3.63) is 48.6 Å². The number of amides is 1. The van der Waals surface area contributed by atoms with Gasteiger partial charge in [-0.05, 0) is 90.4 Å². The van der Waals surface area contributed by atoms with E-state index in [1.807, 2.05) is 0 Å². The molecular weight excluding hydrogens is 607 g/mol. The largest absolute Gasteiger partial charge is 0.340 e. The van der Waals surface area contributed by atoms with Crippen LogP contribution in [0.15, 0.2) is 48.6 Å². The van der Waals surface area contributed by atoms with E-state index in [1.54, 1.807) is 0 Å². The van der Waals surface area contributed by atoms with E-state index in [4.69, 9.17) is 0 Å². The van der Waals surface area contributed by atoms with Crippen LogP contribution >= 0.6 is 0 Å². The molecule has 292 valence electrons. The van der Waals surface area contributed by atoms with E-state index in [-0.39, 0.29) is 0 Å². The molecule has 2 heteroatoms. The number of carbonyl (C=O) groups is 1. The van der Waals surface area contributed by atoms with E-state index < -0.39 is 0 Å². The molecule has 0 atom stereocenters. The maximum Gasteiger partial charge on any atom is 0.222 e. The summed E-state index contributed by atoms with van der Waals surface area (Å²) < 4.78 is 0. The Morgan fingerprint density at radius 2 is 0.720 bits per heavy atom. The van der Waals surface area contributed by atoms with Gasteiger partial charge in [-0.1, -0.05) is 191 Å². The van der Waals surface area contributed by atoms with Crippen LogP contribution in [0.4, 0.5) is 0 Å². The summed E-state index contributed by atoms with van der Waals surface area (Å²) in [5, 5.41) is 0. The van der Waals surface area contributed by atoms with Gasteiger partial charge in [0, 0.05) is 19.0 Å². The average Bonchev–Trinajstić information content (AvgIpc) is 3.12. The second kappa shape index (κ2) is 41.8. The van der Waals surface area contributed by atoms with Crippen LogP contribution in [0.5, 0.6) is 0 Å². The molecule has 0 aromatic heterocycles. The summed E-state index contributed by atoms with van der Waals surface area (Å²) in [6.45, 7) is 9.90. The summed E-state index contributed by atoms with van der Waals surface area (Å²) in [4.78, 5) is 15.6. The topological polar surface area (TPSA) is 20.3 Å². The number of rotatable bonds is 39. The monoisotopic (exact) mass is 696 g/mol. The molecule has 0 heterocycles. The van der Waals surface area contributed by atoms with Crippen molar-refractivity contribution < 1.29 is 4.79 Å². The van der Waals surface area contributed by atoms with Crippen LogP contribution in [-0.2, 0) is 4.79 Å². The average molecular weight is 696 g/mol. The zero-order chi connectivity index (χ0) is 36.4. The highest BCUT2D eigenvalue weighted by molar-refractivity contribution is 5.76. The Balaban J connectivity index is 4.35. The van der Waals surface area contributed by atoms with Gasteiger partial charge in [0.25, 0.3) is 0 Å². The first-order valence-electron chi connectivity index (χ1n) is 22.6. The van der Waals surface area contributed by atoms with Gasteiger partial charge in [-0.15, -0.1) is 0 Å². The zero-order valence-corrected chi connectivity index (χ0v) is 34.6. The predicted molar refractivity (Wildman–Crippen MR) is 227 cm³/mol. The van der Waals surface area contributed by atoms with Gasteiger partial charge in [-0.2, -0.15) is 0 Å². The van der Waals surface area contributed by atoms with Crippen molar-refractivity contribution >= 4 is 5.91 Å². The predicted octanol–water partition coefficient (Wildman–Crippen LogP) is 16.4. The van der Waals surface area contributed by atoms with Crippen molar-refractivity contribution in [2.24, 2.45) is 0 Å². The van der Waals surface area contributed by atoms with Crippen molar-refractivity contribution in [1.29, 1.82) is 0 Å². The molecule has 0 aromatic carbocycles. The molecule has 1 amide bonds. The lowest BCUT2D eigenvalue weighted by molar-refractivity contribution is -0.133. The Morgan fingerprint density at radius 3 is 1.12 bits per heavy atom. The van der Waals surface area contributed by atoms with Gasteiger partial charge in [0.2, 0.25) is 5.91 Å². The van der Waals surface area contributed by atoms with Crippen LogP contribution < -0.4 is 0 Å². The first-order chi connectivity index (χ1) is 24.7. The van der Waals surface area contributed by atoms with E-state index in [0.29, 0.717) is 11.9 Å². The highest BCUT2D eigenvalue weighted by Crippen LogP contribution is 2.21. The fourth-order valence-corrected chi connectivity index (χ4v) is 7.03. The standard InChI is InChI=1S/C48H89NO/c1-5-9-12-15-18-20-22-24-26-28-30-32-34-36-38-41-44-47(49(8-4)48(50)46-43-40-17-14-11-7-3)45-42-39-37-35-33-31-29-27-25-23-21-19-16-13-10-6-2/h18-21,24-27,47H,5-17,22-23,28-46H2,1-4H3/b20-18-,21-19-,26-24-,27-25-. The molecule has 50 heavy (non-hydrogen) atoms. The number of nitrogens with zero attached hydrogens (tertiary/aromatic N) is 1. The molecular formula is C48H89NO. The van der Waals surface area contributed by atoms with Crippen LogP contribution in [0.2, 0.25) is 0 Å². The van der Waals surface area contributed by atoms with Gasteiger partial charge < -0.3 is 4.90 Å². The fraction of sp³-hybridized carbons (Fsp3) is 0.812. The molecule has 0 fully saturated rings. The molecule has 0 radical (unpaired) electrons. The molecule has 0 bridgehead atoms. The maximum atomic E-state index is 13.4. The third-order valence-corrected chi connectivity index (χ3v) is 10.3. The van der Waals surface area contributed by atoms with Gasteiger partial charge in [0.15, 0.2) is 0 Å². The van der Waals surface area contributed by atoms with E-state index >= 15 is 0 Å². The Hall–Kier alpha value is -1.57. The molecule has 0 saturated heterocycles. The molecule has 0 aromatic rings. The lowest BCUT2D eigenvalue weighted by Crippen LogP contribution is -2.40. The van der Waals surface area contributed by atoms with Gasteiger partial charge >= 0.3 is 0 Å². The number of unbranched alkanes of at least 4 members (excludes halogenated alkanes) is 23. The number of carbonyl (C=O) groups excluding carboxylic acids is 1. The van der Waals surface area contributed by atoms with Crippen LogP contribution in [0.25, 0.3) is 0 Å². The van der Waals surface area contributed by atoms with Crippen molar-refractivity contribution in [3.8, 4) is 0 Å². The molecule has 0 saturated carbocycles. The molecule has 0 rings (SSSR count). The van der Waals surface area contributed by atoms with Crippen molar-refractivity contribution in [2.45, 2.75) is 246 Å². The molecule has 2 nitrogen and oxygen atoms in total. The lowest BCUT2D eigenvalue weighted by atomic mass is 9.98. The highest BCUT2D eigenvalue weighted by atomic mass is 16.2. The second-order valence-electron chi connectivity index (χ2n) is 15.1. The normalized spacial score (nSPS) is 12.3. The van der Waals surface area contributed by atoms with Crippen molar-refractivity contribution in [3.63, 3.8) is 0 Å². The Kier molecular flexibility index (Phi) is 40.5. The summed E-state index contributed by atoms with van der Waals surface area (Å²) in [5.74, 6) is 0.424. The van der Waals surface area contributed by atoms with Crippen LogP contribution in [-0.4, -0.2) is 23.4 Å². The third-order valence-electron chi connectivity index (χ3n) is 10.3. The Bertz CT molecular complexity index is 744. The maximum absolute atomic E-state index is 13.4. The Labute approximate surface area is 315 Å². The number of hydrogen-bond acceptors (Lipinski definition) is 1.